The van der Waals surface area contributed by atoms with Crippen molar-refractivity contribution < 1.29 is 13.2 Å². The van der Waals surface area contributed by atoms with E-state index >= 15 is 0 Å². The third kappa shape index (κ3) is 3.10. The number of rotatable bonds is 3. The molecule has 0 N–H and O–H groups in total. The summed E-state index contributed by atoms with van der Waals surface area (Å²) in [5.74, 6) is -1.90. The predicted molar refractivity (Wildman–Crippen MR) is 75.1 cm³/mol. The van der Waals surface area contributed by atoms with E-state index in [1.165, 1.54) is 12.1 Å². The summed E-state index contributed by atoms with van der Waals surface area (Å²) in [7, 11) is 0. The minimum absolute atomic E-state index is 0.133. The Hall–Kier alpha value is -1.81. The molecule has 4 heteroatoms. The van der Waals surface area contributed by atoms with Gasteiger partial charge in [-0.2, -0.15) is 0 Å². The molecule has 1 saturated heterocycles. The third-order valence-electron chi connectivity index (χ3n) is 3.97. The van der Waals surface area contributed by atoms with Crippen molar-refractivity contribution in [3.8, 4) is 0 Å². The molecule has 1 nitrogen and oxygen atoms in total. The Bertz CT molecular complexity index is 642. The van der Waals surface area contributed by atoms with Crippen LogP contribution in [0.25, 0.3) is 0 Å². The van der Waals surface area contributed by atoms with Gasteiger partial charge in [-0.05, 0) is 54.8 Å². The van der Waals surface area contributed by atoms with Gasteiger partial charge in [0.05, 0.1) is 0 Å². The second kappa shape index (κ2) is 5.90. The Balaban J connectivity index is 1.79. The first-order valence-corrected chi connectivity index (χ1v) is 7.07. The van der Waals surface area contributed by atoms with Gasteiger partial charge in [0.25, 0.3) is 0 Å². The van der Waals surface area contributed by atoms with Crippen LogP contribution in [0.3, 0.4) is 0 Å². The first-order valence-electron chi connectivity index (χ1n) is 7.07. The fraction of sp³-hybridized carbons (Fsp3) is 0.294. The van der Waals surface area contributed by atoms with E-state index in [-0.39, 0.29) is 11.9 Å². The minimum Gasteiger partial charge on any atom is -0.292 e. The fourth-order valence-electron chi connectivity index (χ4n) is 2.98. The van der Waals surface area contributed by atoms with Crippen molar-refractivity contribution in [1.29, 1.82) is 0 Å². The summed E-state index contributed by atoms with van der Waals surface area (Å²) >= 11 is 0. The number of hydrogen-bond donors (Lipinski definition) is 0. The molecule has 110 valence electrons. The summed E-state index contributed by atoms with van der Waals surface area (Å²) in [6.45, 7) is 1.42. The highest BCUT2D eigenvalue weighted by molar-refractivity contribution is 5.23. The topological polar surface area (TPSA) is 3.24 Å². The van der Waals surface area contributed by atoms with Crippen LogP contribution >= 0.6 is 0 Å². The van der Waals surface area contributed by atoms with Gasteiger partial charge in [0.1, 0.15) is 5.82 Å². The fourth-order valence-corrected chi connectivity index (χ4v) is 2.98. The van der Waals surface area contributed by atoms with Crippen LogP contribution in [-0.4, -0.2) is 11.4 Å². The van der Waals surface area contributed by atoms with E-state index in [0.29, 0.717) is 6.54 Å². The normalized spacial score (nSPS) is 19.1. The molecule has 0 unspecified atom stereocenters. The molecular weight excluding hydrogens is 275 g/mol. The van der Waals surface area contributed by atoms with E-state index in [1.54, 1.807) is 18.2 Å². The summed E-state index contributed by atoms with van der Waals surface area (Å²) in [5, 5.41) is 0. The molecule has 1 heterocycles. The summed E-state index contributed by atoms with van der Waals surface area (Å²) in [4.78, 5) is 2.18. The molecular formula is C17H16F3N. The van der Waals surface area contributed by atoms with Crippen LogP contribution in [-0.2, 0) is 6.54 Å². The Morgan fingerprint density at radius 3 is 2.62 bits per heavy atom. The molecule has 0 bridgehead atoms. The zero-order valence-corrected chi connectivity index (χ0v) is 11.5. The minimum atomic E-state index is -0.832. The van der Waals surface area contributed by atoms with Gasteiger partial charge in [0.2, 0.25) is 0 Å². The monoisotopic (exact) mass is 291 g/mol. The third-order valence-corrected chi connectivity index (χ3v) is 3.97. The Morgan fingerprint density at radius 2 is 1.86 bits per heavy atom. The van der Waals surface area contributed by atoms with E-state index in [4.69, 9.17) is 0 Å². The Kier molecular flexibility index (Phi) is 3.97. The van der Waals surface area contributed by atoms with Crippen LogP contribution in [0.1, 0.15) is 30.0 Å². The van der Waals surface area contributed by atoms with Gasteiger partial charge in [-0.15, -0.1) is 0 Å². The zero-order valence-electron chi connectivity index (χ0n) is 11.5. The van der Waals surface area contributed by atoms with Crippen LogP contribution < -0.4 is 0 Å². The second-order valence-electron chi connectivity index (χ2n) is 5.43. The maximum Gasteiger partial charge on any atom is 0.159 e. The highest BCUT2D eigenvalue weighted by atomic mass is 19.2. The van der Waals surface area contributed by atoms with Crippen molar-refractivity contribution in [3.05, 3.63) is 71.0 Å². The molecule has 0 aliphatic carbocycles. The van der Waals surface area contributed by atoms with Gasteiger partial charge >= 0.3 is 0 Å². The number of nitrogens with zero attached hydrogens (tertiary/aromatic N) is 1. The standard InChI is InChI=1S/C17H16F3N/c18-14-4-1-3-13(10-14)17-5-2-8-21(17)11-12-6-7-15(19)16(20)9-12/h1,3-4,6-7,9-10,17H,2,5,8,11H2/t17-/m1/s1. The smallest absolute Gasteiger partial charge is 0.159 e. The highest BCUT2D eigenvalue weighted by Crippen LogP contribution is 2.33. The van der Waals surface area contributed by atoms with E-state index < -0.39 is 11.6 Å². The van der Waals surface area contributed by atoms with Crippen molar-refractivity contribution in [1.82, 2.24) is 4.90 Å². The van der Waals surface area contributed by atoms with Gasteiger partial charge in [-0.3, -0.25) is 4.90 Å². The molecule has 1 atom stereocenters. The van der Waals surface area contributed by atoms with Crippen LogP contribution in [0.2, 0.25) is 0 Å². The Morgan fingerprint density at radius 1 is 1.00 bits per heavy atom. The van der Waals surface area contributed by atoms with E-state index in [0.717, 1.165) is 36.6 Å². The van der Waals surface area contributed by atoms with Crippen LogP contribution in [0.4, 0.5) is 13.2 Å². The molecule has 0 amide bonds. The SMILES string of the molecule is Fc1cccc([C@H]2CCCN2Cc2ccc(F)c(F)c2)c1. The average Bonchev–Trinajstić information content (AvgIpc) is 2.91. The van der Waals surface area contributed by atoms with Gasteiger partial charge in [-0.1, -0.05) is 18.2 Å². The van der Waals surface area contributed by atoms with Gasteiger partial charge < -0.3 is 0 Å². The maximum absolute atomic E-state index is 13.4. The lowest BCUT2D eigenvalue weighted by Crippen LogP contribution is -2.23. The van der Waals surface area contributed by atoms with Crippen LogP contribution in [0, 0.1) is 17.5 Å². The Labute approximate surface area is 122 Å². The van der Waals surface area contributed by atoms with Crippen molar-refractivity contribution in [3.63, 3.8) is 0 Å². The molecule has 0 radical (unpaired) electrons. The summed E-state index contributed by atoms with van der Waals surface area (Å²) in [5.41, 5.74) is 1.67. The molecule has 1 aliphatic heterocycles. The lowest BCUT2D eigenvalue weighted by Gasteiger charge is -2.25. The van der Waals surface area contributed by atoms with Crippen LogP contribution in [0.5, 0.6) is 0 Å². The molecule has 3 rings (SSSR count). The molecule has 21 heavy (non-hydrogen) atoms. The maximum atomic E-state index is 13.4. The molecule has 1 fully saturated rings. The van der Waals surface area contributed by atoms with E-state index in [9.17, 15) is 13.2 Å². The first kappa shape index (κ1) is 14.1. The first-order chi connectivity index (χ1) is 10.1. The van der Waals surface area contributed by atoms with Gasteiger partial charge in [0.15, 0.2) is 11.6 Å². The van der Waals surface area contributed by atoms with E-state index in [2.05, 4.69) is 4.90 Å². The van der Waals surface area contributed by atoms with Crippen LogP contribution in [0.15, 0.2) is 42.5 Å². The predicted octanol–water partition coefficient (Wildman–Crippen LogP) is 4.44. The van der Waals surface area contributed by atoms with Gasteiger partial charge in [0, 0.05) is 12.6 Å². The summed E-state index contributed by atoms with van der Waals surface area (Å²) in [6, 6.07) is 10.7. The van der Waals surface area contributed by atoms with Crippen molar-refractivity contribution in [2.24, 2.45) is 0 Å². The molecule has 2 aromatic rings. The second-order valence-corrected chi connectivity index (χ2v) is 5.43. The lowest BCUT2D eigenvalue weighted by molar-refractivity contribution is 0.247. The summed E-state index contributed by atoms with van der Waals surface area (Å²) < 4.78 is 39.6. The molecule has 0 saturated carbocycles. The lowest BCUT2D eigenvalue weighted by atomic mass is 10.0. The van der Waals surface area contributed by atoms with Crippen molar-refractivity contribution in [2.75, 3.05) is 6.54 Å². The molecule has 0 spiro atoms. The van der Waals surface area contributed by atoms with Gasteiger partial charge in [-0.25, -0.2) is 13.2 Å². The summed E-state index contributed by atoms with van der Waals surface area (Å²) in [6.07, 6.45) is 1.97. The number of likely N-dealkylation sites (tertiary alicyclic amines) is 1. The van der Waals surface area contributed by atoms with Crippen molar-refractivity contribution >= 4 is 0 Å². The largest absolute Gasteiger partial charge is 0.292 e. The zero-order chi connectivity index (χ0) is 14.8. The van der Waals surface area contributed by atoms with E-state index in [1.807, 2.05) is 6.07 Å². The quantitative estimate of drug-likeness (QED) is 0.808. The van der Waals surface area contributed by atoms with Crippen molar-refractivity contribution in [2.45, 2.75) is 25.4 Å². The molecule has 2 aromatic carbocycles. The molecule has 1 aliphatic rings. The molecule has 0 aromatic heterocycles. The number of halogens is 3. The number of hydrogen-bond acceptors (Lipinski definition) is 1. The highest BCUT2D eigenvalue weighted by Gasteiger charge is 2.26. The number of benzene rings is 2. The average molecular weight is 291 g/mol.